The molecular formula is C24H29BrN2O4. The molecule has 0 aliphatic carbocycles. The Bertz CT molecular complexity index is 996. The molecule has 0 saturated carbocycles. The average molecular weight is 489 g/mol. The summed E-state index contributed by atoms with van der Waals surface area (Å²) in [6.45, 7) is 11.1. The Hall–Kier alpha value is -2.12. The predicted molar refractivity (Wildman–Crippen MR) is 123 cm³/mol. The van der Waals surface area contributed by atoms with Crippen molar-refractivity contribution < 1.29 is 19.0 Å². The fourth-order valence-electron chi connectivity index (χ4n) is 4.31. The molecule has 1 atom stereocenters. The molecule has 1 amide bonds. The second kappa shape index (κ2) is 8.43. The highest BCUT2D eigenvalue weighted by Gasteiger charge is 2.37. The summed E-state index contributed by atoms with van der Waals surface area (Å²) in [6, 6.07) is 5.93. The van der Waals surface area contributed by atoms with Crippen LogP contribution in [0.1, 0.15) is 69.2 Å². The minimum Gasteiger partial charge on any atom is -0.483 e. The van der Waals surface area contributed by atoms with Crippen molar-refractivity contribution in [1.82, 2.24) is 4.98 Å². The van der Waals surface area contributed by atoms with Gasteiger partial charge in [0.2, 0.25) is 0 Å². The lowest BCUT2D eigenvalue weighted by atomic mass is 9.87. The highest BCUT2D eigenvalue weighted by Crippen LogP contribution is 2.48. The first-order chi connectivity index (χ1) is 14.7. The van der Waals surface area contributed by atoms with Crippen LogP contribution in [0.2, 0.25) is 0 Å². The predicted octanol–water partition coefficient (Wildman–Crippen LogP) is 6.57. The number of benzene rings is 1. The third-order valence-electron chi connectivity index (χ3n) is 5.61. The van der Waals surface area contributed by atoms with E-state index >= 15 is 0 Å². The van der Waals surface area contributed by atoms with Gasteiger partial charge in [-0.3, -0.25) is 0 Å². The summed E-state index contributed by atoms with van der Waals surface area (Å²) in [4.78, 5) is 19.7. The number of carbonyl (C=O) groups excluding carboxylic acids is 1. The van der Waals surface area contributed by atoms with E-state index in [1.807, 2.05) is 46.8 Å². The van der Waals surface area contributed by atoms with E-state index in [1.54, 1.807) is 11.1 Å². The summed E-state index contributed by atoms with van der Waals surface area (Å²) in [6.07, 6.45) is 2.92. The molecule has 3 heterocycles. The van der Waals surface area contributed by atoms with Crippen LogP contribution in [0.15, 0.2) is 28.9 Å². The Kier molecular flexibility index (Phi) is 6.01. The normalized spacial score (nSPS) is 19.2. The molecule has 6 nitrogen and oxygen atoms in total. The zero-order valence-corrected chi connectivity index (χ0v) is 20.3. The van der Waals surface area contributed by atoms with Crippen LogP contribution in [0.3, 0.4) is 0 Å². The van der Waals surface area contributed by atoms with Crippen LogP contribution in [0, 0.1) is 6.92 Å². The van der Waals surface area contributed by atoms with E-state index in [0.717, 1.165) is 41.7 Å². The van der Waals surface area contributed by atoms with Crippen LogP contribution in [0.4, 0.5) is 16.3 Å². The number of rotatable bonds is 1. The van der Waals surface area contributed by atoms with E-state index < -0.39 is 11.7 Å². The fourth-order valence-corrected chi connectivity index (χ4v) is 4.87. The fraction of sp³-hybridized carbons (Fsp3) is 0.500. The number of hydrogen-bond donors (Lipinski definition) is 0. The van der Waals surface area contributed by atoms with Crippen LogP contribution in [0.5, 0.6) is 5.75 Å². The van der Waals surface area contributed by atoms with Gasteiger partial charge in [-0.15, -0.1) is 0 Å². The van der Waals surface area contributed by atoms with Crippen LogP contribution in [-0.4, -0.2) is 29.9 Å². The van der Waals surface area contributed by atoms with Gasteiger partial charge in [-0.1, -0.05) is 15.9 Å². The largest absolute Gasteiger partial charge is 0.483 e. The molecule has 2 aromatic rings. The molecule has 0 radical (unpaired) electrons. The number of fused-ring (bicyclic) bond motifs is 2. The summed E-state index contributed by atoms with van der Waals surface area (Å²) in [7, 11) is 0. The van der Waals surface area contributed by atoms with E-state index in [2.05, 4.69) is 27.0 Å². The van der Waals surface area contributed by atoms with Crippen molar-refractivity contribution in [2.75, 3.05) is 18.1 Å². The van der Waals surface area contributed by atoms with Crippen molar-refractivity contribution in [2.24, 2.45) is 0 Å². The van der Waals surface area contributed by atoms with Gasteiger partial charge in [-0.05, 0) is 82.7 Å². The number of aromatic nitrogens is 1. The minimum absolute atomic E-state index is 0.271. The topological polar surface area (TPSA) is 60.9 Å². The third kappa shape index (κ3) is 4.44. The molecule has 0 N–H and O–H groups in total. The summed E-state index contributed by atoms with van der Waals surface area (Å²) >= 11 is 3.57. The Morgan fingerprint density at radius 3 is 2.65 bits per heavy atom. The lowest BCUT2D eigenvalue weighted by Gasteiger charge is -2.29. The van der Waals surface area contributed by atoms with Gasteiger partial charge in [-0.2, -0.15) is 0 Å². The van der Waals surface area contributed by atoms with E-state index in [-0.39, 0.29) is 6.10 Å². The molecule has 166 valence electrons. The van der Waals surface area contributed by atoms with Gasteiger partial charge in [-0.25, -0.2) is 14.7 Å². The van der Waals surface area contributed by atoms with Crippen LogP contribution >= 0.6 is 15.9 Å². The highest BCUT2D eigenvalue weighted by atomic mass is 79.9. The molecule has 31 heavy (non-hydrogen) atoms. The van der Waals surface area contributed by atoms with E-state index in [0.29, 0.717) is 23.2 Å². The van der Waals surface area contributed by atoms with Gasteiger partial charge in [0.05, 0.1) is 5.69 Å². The number of pyridine rings is 1. The number of anilines is 2. The van der Waals surface area contributed by atoms with Crippen molar-refractivity contribution in [3.63, 3.8) is 0 Å². The standard InChI is InChI=1S/C24H29BrN2O4/c1-14-12-17(25)13-19-21(14)30-15(2)20-18(16-7-10-29-11-8-16)6-9-26-22(20)27(19)23(28)31-24(3,4)5/h6,9,12-13,15-16H,7-8,10-11H2,1-5H3. The zero-order chi connectivity index (χ0) is 22.3. The molecule has 1 unspecified atom stereocenters. The lowest BCUT2D eigenvalue weighted by Crippen LogP contribution is -2.35. The molecule has 0 spiro atoms. The molecule has 1 aromatic carbocycles. The first kappa shape index (κ1) is 22.1. The number of carbonyl (C=O) groups is 1. The van der Waals surface area contributed by atoms with Crippen molar-refractivity contribution in [3.05, 3.63) is 45.6 Å². The Morgan fingerprint density at radius 1 is 1.26 bits per heavy atom. The van der Waals surface area contributed by atoms with E-state index in [4.69, 9.17) is 14.2 Å². The quantitative estimate of drug-likeness (QED) is 0.453. The molecule has 0 bridgehead atoms. The number of aryl methyl sites for hydroxylation is 1. The number of amides is 1. The summed E-state index contributed by atoms with van der Waals surface area (Å²) in [5.74, 6) is 1.57. The number of hydrogen-bond acceptors (Lipinski definition) is 5. The maximum atomic E-state index is 13.5. The smallest absolute Gasteiger partial charge is 0.420 e. The van der Waals surface area contributed by atoms with Crippen molar-refractivity contribution in [1.29, 1.82) is 0 Å². The van der Waals surface area contributed by atoms with E-state index in [1.165, 1.54) is 5.56 Å². The summed E-state index contributed by atoms with van der Waals surface area (Å²) in [5, 5.41) is 0. The van der Waals surface area contributed by atoms with Crippen LogP contribution < -0.4 is 9.64 Å². The van der Waals surface area contributed by atoms with Crippen molar-refractivity contribution >= 4 is 33.5 Å². The van der Waals surface area contributed by atoms with Gasteiger partial charge < -0.3 is 14.2 Å². The molecule has 1 aromatic heterocycles. The van der Waals surface area contributed by atoms with Crippen molar-refractivity contribution in [2.45, 2.75) is 65.1 Å². The van der Waals surface area contributed by atoms with Crippen LogP contribution in [-0.2, 0) is 9.47 Å². The van der Waals surface area contributed by atoms with Gasteiger partial charge in [0, 0.05) is 29.4 Å². The second-order valence-electron chi connectivity index (χ2n) is 9.17. The first-order valence-electron chi connectivity index (χ1n) is 10.7. The zero-order valence-electron chi connectivity index (χ0n) is 18.7. The molecular weight excluding hydrogens is 460 g/mol. The van der Waals surface area contributed by atoms with Gasteiger partial charge in [0.25, 0.3) is 0 Å². The SMILES string of the molecule is Cc1cc(Br)cc2c1OC(C)c1c(C3CCOCC3)ccnc1N2C(=O)OC(C)(C)C. The van der Waals surface area contributed by atoms with Gasteiger partial charge >= 0.3 is 6.09 Å². The maximum absolute atomic E-state index is 13.5. The number of nitrogens with zero attached hydrogens (tertiary/aromatic N) is 2. The summed E-state index contributed by atoms with van der Waals surface area (Å²) < 4.78 is 18.7. The maximum Gasteiger partial charge on any atom is 0.420 e. The number of halogens is 1. The number of ether oxygens (including phenoxy) is 3. The first-order valence-corrected chi connectivity index (χ1v) is 11.5. The Morgan fingerprint density at radius 2 is 1.97 bits per heavy atom. The molecule has 1 saturated heterocycles. The second-order valence-corrected chi connectivity index (χ2v) is 10.1. The third-order valence-corrected chi connectivity index (χ3v) is 6.07. The van der Waals surface area contributed by atoms with Crippen LogP contribution in [0.25, 0.3) is 0 Å². The molecule has 1 fully saturated rings. The minimum atomic E-state index is -0.643. The lowest BCUT2D eigenvalue weighted by molar-refractivity contribution is 0.0597. The molecule has 2 aliphatic rings. The average Bonchev–Trinajstić information content (AvgIpc) is 2.82. The monoisotopic (exact) mass is 488 g/mol. The van der Waals surface area contributed by atoms with E-state index in [9.17, 15) is 4.79 Å². The van der Waals surface area contributed by atoms with Crippen molar-refractivity contribution in [3.8, 4) is 5.75 Å². The van der Waals surface area contributed by atoms with Gasteiger partial charge in [0.15, 0.2) is 0 Å². The molecule has 2 aliphatic heterocycles. The van der Waals surface area contributed by atoms with Gasteiger partial charge in [0.1, 0.15) is 23.3 Å². The highest BCUT2D eigenvalue weighted by molar-refractivity contribution is 9.10. The molecule has 7 heteroatoms. The molecule has 4 rings (SSSR count). The summed E-state index contributed by atoms with van der Waals surface area (Å²) in [5.41, 5.74) is 3.02. The Balaban J connectivity index is 1.93. The Labute approximate surface area is 192 Å².